The molecule has 0 saturated carbocycles. The topological polar surface area (TPSA) is 36.7 Å². The lowest BCUT2D eigenvalue weighted by molar-refractivity contribution is 1.28. The highest BCUT2D eigenvalue weighted by atomic mass is 79.9. The van der Waals surface area contributed by atoms with Crippen LogP contribution < -0.4 is 0 Å². The minimum Gasteiger partial charge on any atom is -0.256 e. The summed E-state index contributed by atoms with van der Waals surface area (Å²) >= 11 is 4.98. The standard InChI is InChI=1S/C12H7BrN2S/c13-12-5-4-10(16-12)7-9(8-14)11-3-1-2-6-15-11/h1-7H. The van der Waals surface area contributed by atoms with Crippen molar-refractivity contribution in [1.82, 2.24) is 4.98 Å². The van der Waals surface area contributed by atoms with Crippen LogP contribution in [0.1, 0.15) is 10.6 Å². The number of nitriles is 1. The first-order chi connectivity index (χ1) is 7.79. The zero-order valence-electron chi connectivity index (χ0n) is 8.22. The minimum atomic E-state index is 0.579. The Morgan fingerprint density at radius 2 is 2.25 bits per heavy atom. The molecule has 0 aliphatic carbocycles. The molecule has 78 valence electrons. The number of hydrogen-bond donors (Lipinski definition) is 0. The fourth-order valence-corrected chi connectivity index (χ4v) is 2.60. The molecule has 0 saturated heterocycles. The van der Waals surface area contributed by atoms with E-state index in [1.807, 2.05) is 36.4 Å². The van der Waals surface area contributed by atoms with E-state index in [-0.39, 0.29) is 0 Å². The molecule has 4 heteroatoms. The van der Waals surface area contributed by atoms with Crippen LogP contribution >= 0.6 is 27.3 Å². The molecule has 0 atom stereocenters. The normalized spacial score (nSPS) is 11.1. The first-order valence-corrected chi connectivity index (χ1v) is 6.19. The Bertz CT molecular complexity index is 552. The molecule has 2 heterocycles. The summed E-state index contributed by atoms with van der Waals surface area (Å²) in [5.41, 5.74) is 1.28. The van der Waals surface area contributed by atoms with Crippen molar-refractivity contribution in [1.29, 1.82) is 5.26 Å². The zero-order chi connectivity index (χ0) is 11.4. The molecule has 0 radical (unpaired) electrons. The summed E-state index contributed by atoms with van der Waals surface area (Å²) in [6.45, 7) is 0. The third kappa shape index (κ3) is 2.57. The van der Waals surface area contributed by atoms with Gasteiger partial charge in [-0.1, -0.05) is 6.07 Å². The minimum absolute atomic E-state index is 0.579. The van der Waals surface area contributed by atoms with Gasteiger partial charge in [-0.05, 0) is 46.3 Å². The highest BCUT2D eigenvalue weighted by molar-refractivity contribution is 9.11. The second-order valence-corrected chi connectivity index (χ2v) is 5.52. The first-order valence-electron chi connectivity index (χ1n) is 4.58. The second-order valence-electron chi connectivity index (χ2n) is 3.03. The smallest absolute Gasteiger partial charge is 0.101 e. The molecule has 0 aliphatic rings. The Kier molecular flexibility index (Phi) is 3.50. The lowest BCUT2D eigenvalue weighted by Gasteiger charge is -1.95. The average Bonchev–Trinajstić information content (AvgIpc) is 2.73. The van der Waals surface area contributed by atoms with E-state index in [0.717, 1.165) is 8.66 Å². The molecule has 0 aromatic carbocycles. The van der Waals surface area contributed by atoms with E-state index in [1.165, 1.54) is 0 Å². The van der Waals surface area contributed by atoms with Crippen LogP contribution in [0.3, 0.4) is 0 Å². The van der Waals surface area contributed by atoms with Crippen molar-refractivity contribution < 1.29 is 0 Å². The van der Waals surface area contributed by atoms with Crippen molar-refractivity contribution in [2.75, 3.05) is 0 Å². The predicted molar refractivity (Wildman–Crippen MR) is 69.7 cm³/mol. The Morgan fingerprint density at radius 3 is 2.81 bits per heavy atom. The summed E-state index contributed by atoms with van der Waals surface area (Å²) in [4.78, 5) is 5.19. The lowest BCUT2D eigenvalue weighted by atomic mass is 10.1. The quantitative estimate of drug-likeness (QED) is 0.785. The van der Waals surface area contributed by atoms with Gasteiger partial charge in [-0.3, -0.25) is 4.98 Å². The van der Waals surface area contributed by atoms with Crippen molar-refractivity contribution in [3.05, 3.63) is 50.9 Å². The molecule has 0 unspecified atom stereocenters. The number of nitrogens with zero attached hydrogens (tertiary/aromatic N) is 2. The number of allylic oxidation sites excluding steroid dienone is 1. The molecule has 2 rings (SSSR count). The molecule has 2 nitrogen and oxygen atoms in total. The van der Waals surface area contributed by atoms with Crippen LogP contribution in [0.4, 0.5) is 0 Å². The van der Waals surface area contributed by atoms with Gasteiger partial charge in [-0.25, -0.2) is 0 Å². The molecule has 16 heavy (non-hydrogen) atoms. The maximum absolute atomic E-state index is 9.08. The third-order valence-electron chi connectivity index (χ3n) is 1.94. The van der Waals surface area contributed by atoms with Gasteiger partial charge in [-0.15, -0.1) is 11.3 Å². The van der Waals surface area contributed by atoms with Crippen LogP contribution in [-0.4, -0.2) is 4.98 Å². The SMILES string of the molecule is N#CC(=Cc1ccc(Br)s1)c1ccccn1. The molecule has 0 amide bonds. The Hall–Kier alpha value is -1.44. The van der Waals surface area contributed by atoms with Crippen LogP contribution in [0.25, 0.3) is 11.6 Å². The molecular weight excluding hydrogens is 284 g/mol. The summed E-state index contributed by atoms with van der Waals surface area (Å²) in [6, 6.07) is 11.6. The van der Waals surface area contributed by atoms with Gasteiger partial charge in [0.2, 0.25) is 0 Å². The summed E-state index contributed by atoms with van der Waals surface area (Å²) < 4.78 is 1.05. The van der Waals surface area contributed by atoms with Gasteiger partial charge < -0.3 is 0 Å². The van der Waals surface area contributed by atoms with E-state index >= 15 is 0 Å². The third-order valence-corrected chi connectivity index (χ3v) is 3.51. The van der Waals surface area contributed by atoms with E-state index in [4.69, 9.17) is 5.26 Å². The van der Waals surface area contributed by atoms with E-state index in [1.54, 1.807) is 17.5 Å². The Labute approximate surface area is 106 Å². The molecule has 0 N–H and O–H groups in total. The van der Waals surface area contributed by atoms with E-state index < -0.39 is 0 Å². The lowest BCUT2D eigenvalue weighted by Crippen LogP contribution is -1.84. The monoisotopic (exact) mass is 290 g/mol. The second kappa shape index (κ2) is 5.06. The van der Waals surface area contributed by atoms with Crippen molar-refractivity contribution in [3.63, 3.8) is 0 Å². The first kappa shape index (κ1) is 11.1. The van der Waals surface area contributed by atoms with Crippen LogP contribution in [0.5, 0.6) is 0 Å². The maximum atomic E-state index is 9.08. The van der Waals surface area contributed by atoms with E-state index in [2.05, 4.69) is 27.0 Å². The number of rotatable bonds is 2. The molecule has 2 aromatic heterocycles. The molecule has 0 spiro atoms. The van der Waals surface area contributed by atoms with Gasteiger partial charge in [0.25, 0.3) is 0 Å². The predicted octanol–water partition coefficient (Wildman–Crippen LogP) is 3.97. The Balaban J connectivity index is 2.38. The van der Waals surface area contributed by atoms with Gasteiger partial charge in [0.1, 0.15) is 6.07 Å². The summed E-state index contributed by atoms with van der Waals surface area (Å²) in [6.07, 6.45) is 3.53. The highest BCUT2D eigenvalue weighted by Gasteiger charge is 2.02. The number of aromatic nitrogens is 1. The molecular formula is C12H7BrN2S. The van der Waals surface area contributed by atoms with Gasteiger partial charge in [0, 0.05) is 11.1 Å². The number of pyridine rings is 1. The van der Waals surface area contributed by atoms with Crippen molar-refractivity contribution in [3.8, 4) is 6.07 Å². The summed E-state index contributed by atoms with van der Waals surface area (Å²) in [5.74, 6) is 0. The van der Waals surface area contributed by atoms with Gasteiger partial charge in [0.15, 0.2) is 0 Å². The molecule has 0 bridgehead atoms. The van der Waals surface area contributed by atoms with Crippen LogP contribution in [0.2, 0.25) is 0 Å². The van der Waals surface area contributed by atoms with Crippen molar-refractivity contribution >= 4 is 38.9 Å². The molecule has 0 fully saturated rings. The summed E-state index contributed by atoms with van der Waals surface area (Å²) in [5, 5.41) is 9.08. The van der Waals surface area contributed by atoms with Crippen molar-refractivity contribution in [2.45, 2.75) is 0 Å². The zero-order valence-corrected chi connectivity index (χ0v) is 10.6. The van der Waals surface area contributed by atoms with Gasteiger partial charge in [-0.2, -0.15) is 5.26 Å². The average molecular weight is 291 g/mol. The number of hydrogen-bond acceptors (Lipinski definition) is 3. The van der Waals surface area contributed by atoms with Gasteiger partial charge >= 0.3 is 0 Å². The Morgan fingerprint density at radius 1 is 1.38 bits per heavy atom. The highest BCUT2D eigenvalue weighted by Crippen LogP contribution is 2.25. The summed E-state index contributed by atoms with van der Waals surface area (Å²) in [7, 11) is 0. The van der Waals surface area contributed by atoms with E-state index in [0.29, 0.717) is 11.3 Å². The molecule has 2 aromatic rings. The van der Waals surface area contributed by atoms with E-state index in [9.17, 15) is 0 Å². The fraction of sp³-hybridized carbons (Fsp3) is 0. The number of thiophene rings is 1. The van der Waals surface area contributed by atoms with Crippen LogP contribution in [-0.2, 0) is 0 Å². The van der Waals surface area contributed by atoms with Crippen LogP contribution in [0, 0.1) is 11.3 Å². The molecule has 0 aliphatic heterocycles. The number of halogens is 1. The maximum Gasteiger partial charge on any atom is 0.101 e. The fourth-order valence-electron chi connectivity index (χ4n) is 1.23. The van der Waals surface area contributed by atoms with Gasteiger partial charge in [0.05, 0.1) is 15.1 Å². The largest absolute Gasteiger partial charge is 0.256 e. The van der Waals surface area contributed by atoms with Crippen molar-refractivity contribution in [2.24, 2.45) is 0 Å². The van der Waals surface area contributed by atoms with Crippen LogP contribution in [0.15, 0.2) is 40.3 Å².